The number of hydrazone groups is 1. The molecule has 0 saturated heterocycles. The molecule has 100 valence electrons. The van der Waals surface area contributed by atoms with E-state index in [0.29, 0.717) is 5.95 Å². The molecule has 0 unspecified atom stereocenters. The van der Waals surface area contributed by atoms with Crippen LogP contribution in [0.15, 0.2) is 53.8 Å². The second-order valence-corrected chi connectivity index (χ2v) is 4.51. The Balaban J connectivity index is 1.89. The van der Waals surface area contributed by atoms with Crippen molar-refractivity contribution in [3.63, 3.8) is 0 Å². The van der Waals surface area contributed by atoms with Crippen LogP contribution in [-0.2, 0) is 7.05 Å². The first-order chi connectivity index (χ1) is 9.75. The van der Waals surface area contributed by atoms with E-state index >= 15 is 0 Å². The van der Waals surface area contributed by atoms with E-state index in [4.69, 9.17) is 0 Å². The van der Waals surface area contributed by atoms with E-state index in [1.807, 2.05) is 61.0 Å². The smallest absolute Gasteiger partial charge is 0.224 e. The summed E-state index contributed by atoms with van der Waals surface area (Å²) in [7, 11) is 1.96. The maximum absolute atomic E-state index is 4.50. The molecule has 1 aromatic carbocycles. The Labute approximate surface area is 117 Å². The number of nitrogens with one attached hydrogen (secondary N) is 1. The Morgan fingerprint density at radius 2 is 1.95 bits per heavy atom. The number of anilines is 1. The van der Waals surface area contributed by atoms with Gasteiger partial charge in [-0.1, -0.05) is 18.2 Å². The highest BCUT2D eigenvalue weighted by Crippen LogP contribution is 2.17. The predicted octanol–water partition coefficient (Wildman–Crippen LogP) is 2.80. The molecule has 2 heterocycles. The topological polar surface area (TPSA) is 55.1 Å². The van der Waals surface area contributed by atoms with Gasteiger partial charge < -0.3 is 4.57 Å². The Morgan fingerprint density at radius 1 is 1.15 bits per heavy atom. The van der Waals surface area contributed by atoms with Crippen LogP contribution >= 0.6 is 0 Å². The number of para-hydroxylation sites is 2. The summed E-state index contributed by atoms with van der Waals surface area (Å²) in [5.41, 5.74) is 6.68. The lowest BCUT2D eigenvalue weighted by Gasteiger charge is -2.03. The second-order valence-electron chi connectivity index (χ2n) is 4.51. The van der Waals surface area contributed by atoms with Gasteiger partial charge in [-0.05, 0) is 31.2 Å². The zero-order chi connectivity index (χ0) is 13.9. The third-order valence-electron chi connectivity index (χ3n) is 3.15. The first-order valence-electron chi connectivity index (χ1n) is 6.39. The highest BCUT2D eigenvalue weighted by atomic mass is 15.4. The minimum absolute atomic E-state index is 0.710. The maximum Gasteiger partial charge on any atom is 0.224 e. The lowest BCUT2D eigenvalue weighted by atomic mass is 10.3. The quantitative estimate of drug-likeness (QED) is 0.585. The van der Waals surface area contributed by atoms with E-state index in [0.717, 1.165) is 22.4 Å². The van der Waals surface area contributed by atoms with Gasteiger partial charge in [0.05, 0.1) is 22.4 Å². The molecule has 0 fully saturated rings. The molecule has 0 atom stereocenters. The van der Waals surface area contributed by atoms with Gasteiger partial charge in [-0.15, -0.1) is 0 Å². The number of rotatable bonds is 3. The van der Waals surface area contributed by atoms with E-state index < -0.39 is 0 Å². The number of hydrogen-bond acceptors (Lipinski definition) is 4. The van der Waals surface area contributed by atoms with Crippen LogP contribution in [-0.4, -0.2) is 20.2 Å². The van der Waals surface area contributed by atoms with E-state index in [-0.39, 0.29) is 0 Å². The van der Waals surface area contributed by atoms with E-state index in [2.05, 4.69) is 20.5 Å². The lowest BCUT2D eigenvalue weighted by Crippen LogP contribution is -2.04. The molecule has 3 rings (SSSR count). The van der Waals surface area contributed by atoms with Crippen LogP contribution in [0.1, 0.15) is 12.6 Å². The molecule has 2 aromatic heterocycles. The number of aryl methyl sites for hydroxylation is 1. The fraction of sp³-hybridized carbons (Fsp3) is 0.133. The number of nitrogens with zero attached hydrogens (tertiary/aromatic N) is 4. The van der Waals surface area contributed by atoms with Gasteiger partial charge in [-0.3, -0.25) is 4.98 Å². The molecule has 5 heteroatoms. The molecule has 0 aliphatic carbocycles. The van der Waals surface area contributed by atoms with Gasteiger partial charge in [0.15, 0.2) is 0 Å². The van der Waals surface area contributed by atoms with Gasteiger partial charge in [-0.2, -0.15) is 5.10 Å². The molecule has 0 saturated carbocycles. The molecule has 0 aliphatic heterocycles. The molecule has 0 spiro atoms. The zero-order valence-electron chi connectivity index (χ0n) is 11.4. The highest BCUT2D eigenvalue weighted by Gasteiger charge is 2.06. The molecule has 20 heavy (non-hydrogen) atoms. The fourth-order valence-corrected chi connectivity index (χ4v) is 2.01. The van der Waals surface area contributed by atoms with Crippen LogP contribution in [0, 0.1) is 0 Å². The largest absolute Gasteiger partial charge is 0.312 e. The summed E-state index contributed by atoms with van der Waals surface area (Å²) in [4.78, 5) is 8.76. The van der Waals surface area contributed by atoms with Crippen LogP contribution in [0.4, 0.5) is 5.95 Å². The van der Waals surface area contributed by atoms with Crippen LogP contribution in [0.2, 0.25) is 0 Å². The van der Waals surface area contributed by atoms with Crippen molar-refractivity contribution in [1.29, 1.82) is 0 Å². The van der Waals surface area contributed by atoms with Gasteiger partial charge in [0.2, 0.25) is 5.95 Å². The van der Waals surface area contributed by atoms with Crippen molar-refractivity contribution in [3.05, 3.63) is 54.4 Å². The lowest BCUT2D eigenvalue weighted by molar-refractivity contribution is 0.942. The van der Waals surface area contributed by atoms with Crippen molar-refractivity contribution in [3.8, 4) is 0 Å². The average Bonchev–Trinajstić information content (AvgIpc) is 2.83. The first-order valence-corrected chi connectivity index (χ1v) is 6.39. The molecular formula is C15H15N5. The molecule has 0 bridgehead atoms. The van der Waals surface area contributed by atoms with E-state index in [1.54, 1.807) is 6.20 Å². The second kappa shape index (κ2) is 5.13. The standard InChI is InChI=1S/C15H15N5/c1-11(12-7-5-6-10-16-12)18-19-15-17-13-8-3-4-9-14(13)20(15)2/h3-10H,1-2H3,(H,17,19)/b18-11+. The third-order valence-corrected chi connectivity index (χ3v) is 3.15. The normalized spacial score (nSPS) is 11.8. The minimum atomic E-state index is 0.710. The van der Waals surface area contributed by atoms with Crippen LogP contribution in [0.25, 0.3) is 11.0 Å². The summed E-state index contributed by atoms with van der Waals surface area (Å²) in [6.07, 6.45) is 1.75. The minimum Gasteiger partial charge on any atom is -0.312 e. The molecule has 1 N–H and O–H groups in total. The van der Waals surface area contributed by atoms with Crippen LogP contribution < -0.4 is 5.43 Å². The van der Waals surface area contributed by atoms with Crippen molar-refractivity contribution in [2.45, 2.75) is 6.92 Å². The van der Waals surface area contributed by atoms with Crippen molar-refractivity contribution in [2.75, 3.05) is 5.43 Å². The fourth-order valence-electron chi connectivity index (χ4n) is 2.01. The monoisotopic (exact) mass is 265 g/mol. The number of fused-ring (bicyclic) bond motifs is 1. The number of imidazole rings is 1. The van der Waals surface area contributed by atoms with Crippen molar-refractivity contribution < 1.29 is 0 Å². The van der Waals surface area contributed by atoms with Crippen molar-refractivity contribution in [2.24, 2.45) is 12.1 Å². The summed E-state index contributed by atoms with van der Waals surface area (Å²) < 4.78 is 1.98. The summed E-state index contributed by atoms with van der Waals surface area (Å²) in [5, 5.41) is 4.34. The molecule has 5 nitrogen and oxygen atoms in total. The number of benzene rings is 1. The number of hydrogen-bond donors (Lipinski definition) is 1. The molecule has 0 amide bonds. The predicted molar refractivity (Wildman–Crippen MR) is 80.8 cm³/mol. The van der Waals surface area contributed by atoms with Crippen molar-refractivity contribution in [1.82, 2.24) is 14.5 Å². The summed E-state index contributed by atoms with van der Waals surface area (Å²) in [5.74, 6) is 0.710. The highest BCUT2D eigenvalue weighted by molar-refractivity contribution is 5.97. The summed E-state index contributed by atoms with van der Waals surface area (Å²) in [6, 6.07) is 13.7. The maximum atomic E-state index is 4.50. The Kier molecular flexibility index (Phi) is 3.16. The van der Waals surface area contributed by atoms with Gasteiger partial charge in [0.25, 0.3) is 0 Å². The van der Waals surface area contributed by atoms with Gasteiger partial charge in [-0.25, -0.2) is 10.4 Å². The average molecular weight is 265 g/mol. The summed E-state index contributed by atoms with van der Waals surface area (Å²) >= 11 is 0. The van der Waals surface area contributed by atoms with Gasteiger partial charge in [0, 0.05) is 13.2 Å². The Morgan fingerprint density at radius 3 is 2.70 bits per heavy atom. The third kappa shape index (κ3) is 2.25. The molecule has 0 radical (unpaired) electrons. The molecule has 3 aromatic rings. The summed E-state index contributed by atoms with van der Waals surface area (Å²) in [6.45, 7) is 1.91. The SMILES string of the molecule is C/C(=N\Nc1nc2ccccc2n1C)c1ccccn1. The van der Waals surface area contributed by atoms with E-state index in [1.165, 1.54) is 0 Å². The molecular weight excluding hydrogens is 250 g/mol. The Hall–Kier alpha value is -2.69. The van der Waals surface area contributed by atoms with Gasteiger partial charge >= 0.3 is 0 Å². The molecule has 0 aliphatic rings. The van der Waals surface area contributed by atoms with Gasteiger partial charge in [0.1, 0.15) is 0 Å². The van der Waals surface area contributed by atoms with Crippen molar-refractivity contribution >= 4 is 22.7 Å². The van der Waals surface area contributed by atoms with E-state index in [9.17, 15) is 0 Å². The number of aromatic nitrogens is 3. The first kappa shape index (κ1) is 12.3. The van der Waals surface area contributed by atoms with Crippen LogP contribution in [0.3, 0.4) is 0 Å². The van der Waals surface area contributed by atoms with Crippen LogP contribution in [0.5, 0.6) is 0 Å². The zero-order valence-corrected chi connectivity index (χ0v) is 11.4. The number of pyridine rings is 1. The Bertz CT molecular complexity index is 758.